The van der Waals surface area contributed by atoms with Gasteiger partial charge >= 0.3 is 0 Å². The maximum absolute atomic E-state index is 13.4. The maximum Gasteiger partial charge on any atom is 0.251 e. The topological polar surface area (TPSA) is 72.2 Å². The lowest BCUT2D eigenvalue weighted by molar-refractivity contribution is -0.115. The highest BCUT2D eigenvalue weighted by Crippen LogP contribution is 2.16. The first kappa shape index (κ1) is 13.6. The van der Waals surface area contributed by atoms with Crippen LogP contribution in [0.1, 0.15) is 23.7 Å². The summed E-state index contributed by atoms with van der Waals surface area (Å²) in [5, 5.41) is 2.52. The van der Waals surface area contributed by atoms with E-state index in [2.05, 4.69) is 21.2 Å². The second kappa shape index (κ2) is 5.77. The SMILES string of the molecule is CC[C@@H](Br)C(=O)Nc1ccc(C(N)=O)c(F)c1. The molecule has 0 aromatic heterocycles. The highest BCUT2D eigenvalue weighted by atomic mass is 79.9. The fourth-order valence-electron chi connectivity index (χ4n) is 1.20. The predicted octanol–water partition coefficient (Wildman–Crippen LogP) is 2.04. The molecule has 92 valence electrons. The van der Waals surface area contributed by atoms with Gasteiger partial charge in [-0.3, -0.25) is 9.59 Å². The lowest BCUT2D eigenvalue weighted by atomic mass is 10.2. The van der Waals surface area contributed by atoms with Gasteiger partial charge in [-0.2, -0.15) is 0 Å². The molecule has 3 N–H and O–H groups in total. The molecule has 0 radical (unpaired) electrons. The Kier molecular flexibility index (Phi) is 4.62. The Hall–Kier alpha value is -1.43. The largest absolute Gasteiger partial charge is 0.366 e. The van der Waals surface area contributed by atoms with Crippen LogP contribution in [0.2, 0.25) is 0 Å². The number of carbonyl (C=O) groups excluding carboxylic acids is 2. The summed E-state index contributed by atoms with van der Waals surface area (Å²) < 4.78 is 13.4. The van der Waals surface area contributed by atoms with Gasteiger partial charge in [0.1, 0.15) is 5.82 Å². The van der Waals surface area contributed by atoms with Gasteiger partial charge in [0.25, 0.3) is 5.91 Å². The minimum absolute atomic E-state index is 0.200. The van der Waals surface area contributed by atoms with Crippen LogP contribution in [0.25, 0.3) is 0 Å². The van der Waals surface area contributed by atoms with Crippen molar-refractivity contribution in [2.45, 2.75) is 18.2 Å². The van der Waals surface area contributed by atoms with Gasteiger partial charge in [0, 0.05) is 5.69 Å². The number of nitrogens with one attached hydrogen (secondary N) is 1. The molecule has 0 unspecified atom stereocenters. The second-order valence-corrected chi connectivity index (χ2v) is 4.53. The summed E-state index contributed by atoms with van der Waals surface area (Å²) in [6.45, 7) is 1.84. The number of hydrogen-bond acceptors (Lipinski definition) is 2. The minimum atomic E-state index is -0.840. The molecule has 1 atom stereocenters. The Morgan fingerprint density at radius 3 is 2.65 bits per heavy atom. The standard InChI is InChI=1S/C11H12BrFN2O2/c1-2-8(12)11(17)15-6-3-4-7(10(14)16)9(13)5-6/h3-5,8H,2H2,1H3,(H2,14,16)(H,15,17)/t8-/m1/s1. The number of rotatable bonds is 4. The quantitative estimate of drug-likeness (QED) is 0.835. The minimum Gasteiger partial charge on any atom is -0.366 e. The Labute approximate surface area is 107 Å². The van der Waals surface area contributed by atoms with E-state index < -0.39 is 11.7 Å². The van der Waals surface area contributed by atoms with Gasteiger partial charge in [-0.1, -0.05) is 22.9 Å². The first-order valence-electron chi connectivity index (χ1n) is 5.00. The van der Waals surface area contributed by atoms with E-state index >= 15 is 0 Å². The number of primary amides is 1. The normalized spacial score (nSPS) is 11.9. The summed E-state index contributed by atoms with van der Waals surface area (Å²) in [7, 11) is 0. The highest BCUT2D eigenvalue weighted by molar-refractivity contribution is 9.10. The molecule has 1 aromatic rings. The third-order valence-electron chi connectivity index (χ3n) is 2.15. The van der Waals surface area contributed by atoms with E-state index in [0.717, 1.165) is 6.07 Å². The number of amides is 2. The van der Waals surface area contributed by atoms with Gasteiger partial charge < -0.3 is 11.1 Å². The van der Waals surface area contributed by atoms with Crippen molar-refractivity contribution in [2.75, 3.05) is 5.32 Å². The van der Waals surface area contributed by atoms with E-state index in [4.69, 9.17) is 5.73 Å². The predicted molar refractivity (Wildman–Crippen MR) is 66.6 cm³/mol. The second-order valence-electron chi connectivity index (χ2n) is 3.42. The van der Waals surface area contributed by atoms with E-state index in [1.807, 2.05) is 6.92 Å². The van der Waals surface area contributed by atoms with Crippen molar-refractivity contribution in [1.29, 1.82) is 0 Å². The van der Waals surface area contributed by atoms with Gasteiger partial charge in [-0.25, -0.2) is 4.39 Å². The number of alkyl halides is 1. The molecule has 17 heavy (non-hydrogen) atoms. The van der Waals surface area contributed by atoms with E-state index in [1.165, 1.54) is 12.1 Å². The molecule has 2 amide bonds. The van der Waals surface area contributed by atoms with Crippen LogP contribution < -0.4 is 11.1 Å². The van der Waals surface area contributed by atoms with Crippen molar-refractivity contribution < 1.29 is 14.0 Å². The Bertz CT molecular complexity index is 451. The molecule has 0 saturated carbocycles. The van der Waals surface area contributed by atoms with E-state index in [0.29, 0.717) is 6.42 Å². The lowest BCUT2D eigenvalue weighted by Crippen LogP contribution is -2.22. The van der Waals surface area contributed by atoms with Gasteiger partial charge in [-0.05, 0) is 24.6 Å². The van der Waals surface area contributed by atoms with E-state index in [1.54, 1.807) is 0 Å². The Morgan fingerprint density at radius 1 is 1.53 bits per heavy atom. The smallest absolute Gasteiger partial charge is 0.251 e. The van der Waals surface area contributed by atoms with Gasteiger partial charge in [0.2, 0.25) is 5.91 Å². The first-order valence-corrected chi connectivity index (χ1v) is 5.91. The zero-order valence-corrected chi connectivity index (χ0v) is 10.8. The fraction of sp³-hybridized carbons (Fsp3) is 0.273. The van der Waals surface area contributed by atoms with Crippen LogP contribution in [0.4, 0.5) is 10.1 Å². The average Bonchev–Trinajstić information content (AvgIpc) is 2.27. The zero-order chi connectivity index (χ0) is 13.0. The summed E-state index contributed by atoms with van der Waals surface area (Å²) >= 11 is 3.18. The average molecular weight is 303 g/mol. The lowest BCUT2D eigenvalue weighted by Gasteiger charge is -2.09. The van der Waals surface area contributed by atoms with Gasteiger partial charge in [-0.15, -0.1) is 0 Å². The number of nitrogens with two attached hydrogens (primary N) is 1. The molecule has 0 spiro atoms. The van der Waals surface area contributed by atoms with Crippen molar-refractivity contribution in [3.05, 3.63) is 29.6 Å². The third-order valence-corrected chi connectivity index (χ3v) is 3.21. The van der Waals surface area contributed by atoms with Crippen LogP contribution >= 0.6 is 15.9 Å². The maximum atomic E-state index is 13.4. The number of anilines is 1. The fourth-order valence-corrected chi connectivity index (χ4v) is 1.31. The van der Waals surface area contributed by atoms with Crippen molar-refractivity contribution in [1.82, 2.24) is 0 Å². The molecule has 0 saturated heterocycles. The summed E-state index contributed by atoms with van der Waals surface area (Å²) in [5.74, 6) is -1.86. The molecule has 1 rings (SSSR count). The van der Waals surface area contributed by atoms with Crippen molar-refractivity contribution in [2.24, 2.45) is 5.73 Å². The molecular formula is C11H12BrFN2O2. The summed E-state index contributed by atoms with van der Waals surface area (Å²) in [5.41, 5.74) is 5.05. The number of hydrogen-bond donors (Lipinski definition) is 2. The Morgan fingerprint density at radius 2 is 2.18 bits per heavy atom. The van der Waals surface area contributed by atoms with Crippen LogP contribution in [-0.2, 0) is 4.79 Å². The molecule has 0 bridgehead atoms. The van der Waals surface area contributed by atoms with Crippen LogP contribution in [0, 0.1) is 5.82 Å². The van der Waals surface area contributed by atoms with E-state index in [9.17, 15) is 14.0 Å². The van der Waals surface area contributed by atoms with Crippen LogP contribution in [0.5, 0.6) is 0 Å². The monoisotopic (exact) mass is 302 g/mol. The molecule has 1 aromatic carbocycles. The molecule has 0 aliphatic carbocycles. The van der Waals surface area contributed by atoms with Crippen molar-refractivity contribution in [3.8, 4) is 0 Å². The first-order chi connectivity index (χ1) is 7.95. The van der Waals surface area contributed by atoms with Crippen LogP contribution in [-0.4, -0.2) is 16.6 Å². The van der Waals surface area contributed by atoms with Gasteiger partial charge in [0.05, 0.1) is 10.4 Å². The molecule has 0 fully saturated rings. The molecule has 0 aliphatic heterocycles. The molecule has 6 heteroatoms. The van der Waals surface area contributed by atoms with Crippen molar-refractivity contribution in [3.63, 3.8) is 0 Å². The molecule has 0 aliphatic rings. The summed E-state index contributed by atoms with van der Waals surface area (Å²) in [6.07, 6.45) is 0.619. The van der Waals surface area contributed by atoms with Crippen LogP contribution in [0.3, 0.4) is 0 Å². The number of benzene rings is 1. The number of carbonyl (C=O) groups is 2. The molecule has 0 heterocycles. The van der Waals surface area contributed by atoms with Crippen LogP contribution in [0.15, 0.2) is 18.2 Å². The summed E-state index contributed by atoms with van der Waals surface area (Å²) in [4.78, 5) is 22.0. The van der Waals surface area contributed by atoms with Gasteiger partial charge in [0.15, 0.2) is 0 Å². The number of halogens is 2. The highest BCUT2D eigenvalue weighted by Gasteiger charge is 2.14. The Balaban J connectivity index is 2.84. The van der Waals surface area contributed by atoms with E-state index in [-0.39, 0.29) is 22.0 Å². The zero-order valence-electron chi connectivity index (χ0n) is 9.17. The molecule has 4 nitrogen and oxygen atoms in total. The summed E-state index contributed by atoms with van der Waals surface area (Å²) in [6, 6.07) is 3.73. The third kappa shape index (κ3) is 3.52. The van der Waals surface area contributed by atoms with Crippen molar-refractivity contribution >= 4 is 33.4 Å². The molecular weight excluding hydrogens is 291 g/mol.